The van der Waals surface area contributed by atoms with Crippen LogP contribution in [0.15, 0.2) is 18.5 Å². The van der Waals surface area contributed by atoms with Crippen molar-refractivity contribution in [1.29, 1.82) is 0 Å². The summed E-state index contributed by atoms with van der Waals surface area (Å²) in [6.45, 7) is 16.2. The zero-order valence-corrected chi connectivity index (χ0v) is 18.9. The van der Waals surface area contributed by atoms with Gasteiger partial charge in [0.1, 0.15) is 0 Å². The average Bonchev–Trinajstić information content (AvgIpc) is 2.74. The molecular weight excluding hydrogens is 362 g/mol. The van der Waals surface area contributed by atoms with Crippen LogP contribution >= 0.6 is 0 Å². The third-order valence-electron chi connectivity index (χ3n) is 6.17. The molecule has 0 unspecified atom stereocenters. The lowest BCUT2D eigenvalue weighted by atomic mass is 9.74. The summed E-state index contributed by atoms with van der Waals surface area (Å²) in [5.74, 6) is 1.19. The largest absolute Gasteiger partial charge is 0.342 e. The Balaban J connectivity index is 1.33. The van der Waals surface area contributed by atoms with E-state index in [1.807, 2.05) is 18.5 Å². The minimum absolute atomic E-state index is 0.113. The number of likely N-dealkylation sites (tertiary alicyclic amines) is 1. The highest BCUT2D eigenvalue weighted by Gasteiger charge is 2.37. The molecule has 1 amide bonds. The molecule has 6 heteroatoms. The molecule has 2 aliphatic heterocycles. The van der Waals surface area contributed by atoms with Gasteiger partial charge in [-0.3, -0.25) is 9.69 Å². The first-order valence-corrected chi connectivity index (χ1v) is 11.3. The molecule has 0 aromatic carbocycles. The molecular formula is C23H39N5O. The van der Waals surface area contributed by atoms with Crippen LogP contribution in [0.3, 0.4) is 0 Å². The zero-order chi connectivity index (χ0) is 20.9. The van der Waals surface area contributed by atoms with E-state index >= 15 is 0 Å². The third kappa shape index (κ3) is 6.66. The maximum Gasteiger partial charge on any atom is 0.225 e. The van der Waals surface area contributed by atoms with Crippen molar-refractivity contribution in [2.75, 3.05) is 50.7 Å². The second-order valence-corrected chi connectivity index (χ2v) is 10.4. The van der Waals surface area contributed by atoms with Gasteiger partial charge in [0.05, 0.1) is 0 Å². The fraction of sp³-hybridized carbons (Fsp3) is 0.783. The second-order valence-electron chi connectivity index (χ2n) is 10.4. The molecule has 0 radical (unpaired) electrons. The summed E-state index contributed by atoms with van der Waals surface area (Å²) in [6, 6.07) is 1.86. The molecule has 6 nitrogen and oxygen atoms in total. The summed E-state index contributed by atoms with van der Waals surface area (Å²) < 4.78 is 0. The number of carbonyl (C=O) groups is 1. The van der Waals surface area contributed by atoms with Crippen molar-refractivity contribution < 1.29 is 4.79 Å². The van der Waals surface area contributed by atoms with E-state index in [4.69, 9.17) is 0 Å². The summed E-state index contributed by atoms with van der Waals surface area (Å²) in [5, 5.41) is 0. The van der Waals surface area contributed by atoms with Gasteiger partial charge < -0.3 is 9.80 Å². The number of aromatic nitrogens is 2. The van der Waals surface area contributed by atoms with Gasteiger partial charge in [-0.05, 0) is 42.7 Å². The van der Waals surface area contributed by atoms with Gasteiger partial charge in [0.25, 0.3) is 0 Å². The van der Waals surface area contributed by atoms with Crippen LogP contribution in [-0.4, -0.2) is 71.5 Å². The number of hydrogen-bond donors (Lipinski definition) is 0. The number of unbranched alkanes of at least 4 members (excludes halogenated alkanes) is 2. The van der Waals surface area contributed by atoms with Gasteiger partial charge >= 0.3 is 0 Å². The van der Waals surface area contributed by atoms with Gasteiger partial charge in [-0.1, -0.05) is 34.1 Å². The van der Waals surface area contributed by atoms with E-state index in [0.29, 0.717) is 12.3 Å². The minimum Gasteiger partial charge on any atom is -0.342 e. The Labute approximate surface area is 176 Å². The van der Waals surface area contributed by atoms with Crippen molar-refractivity contribution >= 4 is 11.9 Å². The first-order chi connectivity index (χ1) is 13.7. The van der Waals surface area contributed by atoms with Crippen LogP contribution in [0.2, 0.25) is 0 Å². The van der Waals surface area contributed by atoms with Gasteiger partial charge in [0, 0.05) is 58.1 Å². The molecule has 0 aliphatic carbocycles. The monoisotopic (exact) mass is 401 g/mol. The summed E-state index contributed by atoms with van der Waals surface area (Å²) in [5.41, 5.74) is 0.320. The minimum atomic E-state index is 0.113. The molecule has 0 spiro atoms. The Bertz CT molecular complexity index is 652. The van der Waals surface area contributed by atoms with Crippen LogP contribution in [0.1, 0.15) is 59.8 Å². The number of amides is 1. The van der Waals surface area contributed by atoms with E-state index in [0.717, 1.165) is 64.6 Å². The average molecular weight is 402 g/mol. The smallest absolute Gasteiger partial charge is 0.225 e. The normalized spacial score (nSPS) is 22.6. The maximum absolute atomic E-state index is 12.7. The highest BCUT2D eigenvalue weighted by Crippen LogP contribution is 2.40. The summed E-state index contributed by atoms with van der Waals surface area (Å²) >= 11 is 0. The molecule has 0 saturated carbocycles. The number of rotatable bonds is 7. The number of anilines is 1. The SMILES string of the molecule is CC1(C)CC(=O)N(CCCCCN2CCN(c3ncccn3)CC2)CC(C)(C)C1. The molecule has 0 N–H and O–H groups in total. The van der Waals surface area contributed by atoms with Crippen molar-refractivity contribution in [3.05, 3.63) is 18.5 Å². The topological polar surface area (TPSA) is 52.6 Å². The molecule has 1 aromatic heterocycles. The highest BCUT2D eigenvalue weighted by atomic mass is 16.2. The van der Waals surface area contributed by atoms with Gasteiger partial charge in [0.2, 0.25) is 11.9 Å². The first-order valence-electron chi connectivity index (χ1n) is 11.3. The van der Waals surface area contributed by atoms with E-state index in [-0.39, 0.29) is 10.8 Å². The fourth-order valence-corrected chi connectivity index (χ4v) is 5.18. The lowest BCUT2D eigenvalue weighted by molar-refractivity contribution is -0.132. The summed E-state index contributed by atoms with van der Waals surface area (Å²) in [6.07, 6.45) is 8.93. The number of nitrogens with zero attached hydrogens (tertiary/aromatic N) is 5. The van der Waals surface area contributed by atoms with Crippen LogP contribution in [0, 0.1) is 10.8 Å². The second kappa shape index (κ2) is 9.41. The predicted octanol–water partition coefficient (Wildman–Crippen LogP) is 3.44. The number of carbonyl (C=O) groups excluding carboxylic acids is 1. The molecule has 3 rings (SSSR count). The molecule has 0 atom stereocenters. The number of hydrogen-bond acceptors (Lipinski definition) is 5. The lowest BCUT2D eigenvalue weighted by Crippen LogP contribution is -2.47. The van der Waals surface area contributed by atoms with Crippen LogP contribution in [-0.2, 0) is 4.79 Å². The molecule has 29 heavy (non-hydrogen) atoms. The Morgan fingerprint density at radius 3 is 2.24 bits per heavy atom. The van der Waals surface area contributed by atoms with Crippen LogP contribution in [0.4, 0.5) is 5.95 Å². The van der Waals surface area contributed by atoms with Crippen molar-refractivity contribution in [2.24, 2.45) is 10.8 Å². The maximum atomic E-state index is 12.7. The molecule has 0 bridgehead atoms. The Kier molecular flexibility index (Phi) is 7.14. The molecule has 2 fully saturated rings. The number of piperazine rings is 1. The van der Waals surface area contributed by atoms with Crippen LogP contribution in [0.25, 0.3) is 0 Å². The zero-order valence-electron chi connectivity index (χ0n) is 18.9. The Morgan fingerprint density at radius 2 is 1.55 bits per heavy atom. The Morgan fingerprint density at radius 1 is 0.897 bits per heavy atom. The van der Waals surface area contributed by atoms with Gasteiger partial charge in [-0.2, -0.15) is 0 Å². The van der Waals surface area contributed by atoms with Gasteiger partial charge in [0.15, 0.2) is 0 Å². The van der Waals surface area contributed by atoms with Crippen molar-refractivity contribution in [2.45, 2.75) is 59.8 Å². The van der Waals surface area contributed by atoms with Gasteiger partial charge in [-0.25, -0.2) is 9.97 Å². The predicted molar refractivity (Wildman–Crippen MR) is 118 cm³/mol. The van der Waals surface area contributed by atoms with Crippen LogP contribution < -0.4 is 4.90 Å². The van der Waals surface area contributed by atoms with Crippen molar-refractivity contribution in [3.63, 3.8) is 0 Å². The van der Waals surface area contributed by atoms with Crippen molar-refractivity contribution in [3.8, 4) is 0 Å². The standard InChI is InChI=1S/C23H39N5O/c1-22(2)17-20(29)28(19-23(3,4)18-22)12-7-5-6-11-26-13-15-27(16-14-26)21-24-9-8-10-25-21/h8-10H,5-7,11-19H2,1-4H3. The highest BCUT2D eigenvalue weighted by molar-refractivity contribution is 5.77. The van der Waals surface area contributed by atoms with Gasteiger partial charge in [-0.15, -0.1) is 0 Å². The van der Waals surface area contributed by atoms with Crippen LogP contribution in [0.5, 0.6) is 0 Å². The fourth-order valence-electron chi connectivity index (χ4n) is 5.18. The van der Waals surface area contributed by atoms with E-state index in [1.165, 1.54) is 12.8 Å². The third-order valence-corrected chi connectivity index (χ3v) is 6.17. The molecule has 3 heterocycles. The van der Waals surface area contributed by atoms with Crippen molar-refractivity contribution in [1.82, 2.24) is 19.8 Å². The lowest BCUT2D eigenvalue weighted by Gasteiger charge is -2.34. The summed E-state index contributed by atoms with van der Waals surface area (Å²) in [4.78, 5) is 28.3. The quantitative estimate of drug-likeness (QED) is 0.655. The van der Waals surface area contributed by atoms with E-state index in [9.17, 15) is 4.79 Å². The van der Waals surface area contributed by atoms with E-state index < -0.39 is 0 Å². The summed E-state index contributed by atoms with van der Waals surface area (Å²) in [7, 11) is 0. The molecule has 1 aromatic rings. The van der Waals surface area contributed by atoms with E-state index in [2.05, 4.69) is 52.4 Å². The molecule has 2 aliphatic rings. The first kappa shape index (κ1) is 22.0. The molecule has 2 saturated heterocycles. The Hall–Kier alpha value is -1.69. The molecule has 162 valence electrons. The van der Waals surface area contributed by atoms with E-state index in [1.54, 1.807) is 0 Å².